The van der Waals surface area contributed by atoms with Crippen LogP contribution < -0.4 is 10.6 Å². The Morgan fingerprint density at radius 2 is 2.04 bits per heavy atom. The lowest BCUT2D eigenvalue weighted by Crippen LogP contribution is -2.45. The number of benzene rings is 1. The van der Waals surface area contributed by atoms with E-state index in [2.05, 4.69) is 34.4 Å². The van der Waals surface area contributed by atoms with Crippen molar-refractivity contribution < 1.29 is 9.53 Å². The van der Waals surface area contributed by atoms with Gasteiger partial charge >= 0.3 is 0 Å². The molecule has 6 nitrogen and oxygen atoms in total. The Morgan fingerprint density at radius 3 is 2.79 bits per heavy atom. The SMILES string of the molecule is CC1(C)C[C@H](NC(=O)c2cccc(Nc3ncccn3)c2)CCO1. The van der Waals surface area contributed by atoms with E-state index in [1.54, 1.807) is 30.6 Å². The Balaban J connectivity index is 1.66. The fourth-order valence-electron chi connectivity index (χ4n) is 2.85. The molecule has 126 valence electrons. The number of carbonyl (C=O) groups excluding carboxylic acids is 1. The molecule has 1 aliphatic heterocycles. The summed E-state index contributed by atoms with van der Waals surface area (Å²) >= 11 is 0. The largest absolute Gasteiger partial charge is 0.375 e. The van der Waals surface area contributed by atoms with E-state index < -0.39 is 0 Å². The molecule has 0 unspecified atom stereocenters. The second-order valence-electron chi connectivity index (χ2n) is 6.55. The van der Waals surface area contributed by atoms with Crippen LogP contribution in [0.4, 0.5) is 11.6 Å². The van der Waals surface area contributed by atoms with Gasteiger partial charge < -0.3 is 15.4 Å². The number of nitrogens with one attached hydrogen (secondary N) is 2. The summed E-state index contributed by atoms with van der Waals surface area (Å²) in [4.78, 5) is 20.8. The molecule has 2 aromatic rings. The van der Waals surface area contributed by atoms with E-state index in [0.717, 1.165) is 18.5 Å². The molecule has 0 bridgehead atoms. The second kappa shape index (κ2) is 6.97. The fraction of sp³-hybridized carbons (Fsp3) is 0.389. The van der Waals surface area contributed by atoms with Crippen molar-refractivity contribution >= 4 is 17.5 Å². The summed E-state index contributed by atoms with van der Waals surface area (Å²) in [7, 11) is 0. The highest BCUT2D eigenvalue weighted by Gasteiger charge is 2.29. The van der Waals surface area contributed by atoms with Crippen LogP contribution in [-0.4, -0.2) is 34.1 Å². The summed E-state index contributed by atoms with van der Waals surface area (Å²) in [5.41, 5.74) is 1.20. The first-order valence-electron chi connectivity index (χ1n) is 8.11. The predicted molar refractivity (Wildman–Crippen MR) is 92.3 cm³/mol. The maximum Gasteiger partial charge on any atom is 0.251 e. The number of anilines is 2. The van der Waals surface area contributed by atoms with Crippen molar-refractivity contribution in [3.8, 4) is 0 Å². The van der Waals surface area contributed by atoms with Gasteiger partial charge in [-0.25, -0.2) is 9.97 Å². The van der Waals surface area contributed by atoms with Crippen LogP contribution in [-0.2, 0) is 4.74 Å². The molecule has 24 heavy (non-hydrogen) atoms. The molecule has 0 radical (unpaired) electrons. The van der Waals surface area contributed by atoms with Crippen molar-refractivity contribution in [1.82, 2.24) is 15.3 Å². The molecule has 2 heterocycles. The van der Waals surface area contributed by atoms with Crippen LogP contribution in [0, 0.1) is 0 Å². The minimum Gasteiger partial charge on any atom is -0.375 e. The summed E-state index contributed by atoms with van der Waals surface area (Å²) in [6.45, 7) is 4.77. The molecule has 3 rings (SSSR count). The molecule has 1 fully saturated rings. The lowest BCUT2D eigenvalue weighted by Gasteiger charge is -2.35. The molecule has 6 heteroatoms. The van der Waals surface area contributed by atoms with Gasteiger partial charge in [0.2, 0.25) is 5.95 Å². The molecule has 1 amide bonds. The quantitative estimate of drug-likeness (QED) is 0.903. The van der Waals surface area contributed by atoms with Gasteiger partial charge in [0.15, 0.2) is 0 Å². The maximum atomic E-state index is 12.5. The van der Waals surface area contributed by atoms with Crippen molar-refractivity contribution in [1.29, 1.82) is 0 Å². The molecule has 0 saturated carbocycles. The van der Waals surface area contributed by atoms with E-state index >= 15 is 0 Å². The molecular formula is C18H22N4O2. The summed E-state index contributed by atoms with van der Waals surface area (Å²) in [6.07, 6.45) is 4.98. The summed E-state index contributed by atoms with van der Waals surface area (Å²) in [5, 5.41) is 6.20. The minimum absolute atomic E-state index is 0.0738. The number of hydrogen-bond donors (Lipinski definition) is 2. The van der Waals surface area contributed by atoms with Crippen LogP contribution in [0.25, 0.3) is 0 Å². The van der Waals surface area contributed by atoms with E-state index in [-0.39, 0.29) is 17.6 Å². The van der Waals surface area contributed by atoms with E-state index in [1.165, 1.54) is 0 Å². The predicted octanol–water partition coefficient (Wildman–Crippen LogP) is 2.91. The standard InChI is InChI=1S/C18H22N4O2/c1-18(2)12-15(7-10-24-18)21-16(23)13-5-3-6-14(11-13)22-17-19-8-4-9-20-17/h3-6,8-9,11,15H,7,10,12H2,1-2H3,(H,21,23)(H,19,20,22)/t15-/m1/s1. The fourth-order valence-corrected chi connectivity index (χ4v) is 2.85. The Morgan fingerprint density at radius 1 is 1.25 bits per heavy atom. The van der Waals surface area contributed by atoms with E-state index in [0.29, 0.717) is 18.1 Å². The minimum atomic E-state index is -0.190. The summed E-state index contributed by atoms with van der Waals surface area (Å²) in [5.74, 6) is 0.427. The highest BCUT2D eigenvalue weighted by molar-refractivity contribution is 5.95. The number of hydrogen-bond acceptors (Lipinski definition) is 5. The van der Waals surface area contributed by atoms with Crippen molar-refractivity contribution in [2.24, 2.45) is 0 Å². The first kappa shape index (κ1) is 16.4. The van der Waals surface area contributed by atoms with E-state index in [4.69, 9.17) is 4.74 Å². The number of rotatable bonds is 4. The molecule has 2 N–H and O–H groups in total. The van der Waals surface area contributed by atoms with Crippen LogP contribution in [0.15, 0.2) is 42.7 Å². The van der Waals surface area contributed by atoms with Gasteiger partial charge in [-0.1, -0.05) is 6.07 Å². The molecule has 1 aromatic heterocycles. The third-order valence-corrected chi connectivity index (χ3v) is 3.98. The topological polar surface area (TPSA) is 76.1 Å². The third-order valence-electron chi connectivity index (χ3n) is 3.98. The average molecular weight is 326 g/mol. The lowest BCUT2D eigenvalue weighted by atomic mass is 9.94. The van der Waals surface area contributed by atoms with Gasteiger partial charge in [0.05, 0.1) is 5.60 Å². The Labute approximate surface area is 141 Å². The monoisotopic (exact) mass is 326 g/mol. The van der Waals surface area contributed by atoms with Gasteiger partial charge in [-0.15, -0.1) is 0 Å². The summed E-state index contributed by atoms with van der Waals surface area (Å²) < 4.78 is 5.69. The maximum absolute atomic E-state index is 12.5. The zero-order chi connectivity index (χ0) is 17.0. The molecule has 1 aliphatic rings. The van der Waals surface area contributed by atoms with Gasteiger partial charge in [-0.2, -0.15) is 0 Å². The third kappa shape index (κ3) is 4.29. The highest BCUT2D eigenvalue weighted by Crippen LogP contribution is 2.24. The second-order valence-corrected chi connectivity index (χ2v) is 6.55. The number of aromatic nitrogens is 2. The van der Waals surface area contributed by atoms with Gasteiger partial charge in [0, 0.05) is 36.3 Å². The molecule has 1 atom stereocenters. The zero-order valence-electron chi connectivity index (χ0n) is 14.0. The van der Waals surface area contributed by atoms with Crippen LogP contribution in [0.1, 0.15) is 37.0 Å². The smallest absolute Gasteiger partial charge is 0.251 e. The molecular weight excluding hydrogens is 304 g/mol. The van der Waals surface area contributed by atoms with Gasteiger partial charge in [0.1, 0.15) is 0 Å². The number of ether oxygens (including phenoxy) is 1. The van der Waals surface area contributed by atoms with Crippen LogP contribution in [0.3, 0.4) is 0 Å². The van der Waals surface area contributed by atoms with Crippen LogP contribution in [0.5, 0.6) is 0 Å². The Kier molecular flexibility index (Phi) is 4.76. The van der Waals surface area contributed by atoms with Gasteiger partial charge in [-0.05, 0) is 51.0 Å². The van der Waals surface area contributed by atoms with Crippen LogP contribution >= 0.6 is 0 Å². The number of nitrogens with zero attached hydrogens (tertiary/aromatic N) is 2. The van der Waals surface area contributed by atoms with Crippen molar-refractivity contribution in [3.05, 3.63) is 48.3 Å². The first-order valence-corrected chi connectivity index (χ1v) is 8.11. The Bertz CT molecular complexity index is 703. The molecule has 0 spiro atoms. The first-order chi connectivity index (χ1) is 11.5. The number of carbonyl (C=O) groups is 1. The lowest BCUT2D eigenvalue weighted by molar-refractivity contribution is -0.0615. The van der Waals surface area contributed by atoms with Crippen LogP contribution in [0.2, 0.25) is 0 Å². The van der Waals surface area contributed by atoms with E-state index in [9.17, 15) is 4.79 Å². The molecule has 1 saturated heterocycles. The molecule has 0 aliphatic carbocycles. The highest BCUT2D eigenvalue weighted by atomic mass is 16.5. The van der Waals surface area contributed by atoms with Gasteiger partial charge in [0.25, 0.3) is 5.91 Å². The van der Waals surface area contributed by atoms with E-state index in [1.807, 2.05) is 12.1 Å². The summed E-state index contributed by atoms with van der Waals surface area (Å²) in [6, 6.07) is 9.21. The Hall–Kier alpha value is -2.47. The average Bonchev–Trinajstić information content (AvgIpc) is 2.55. The normalized spacial score (nSPS) is 19.5. The van der Waals surface area contributed by atoms with Crippen molar-refractivity contribution in [2.45, 2.75) is 38.3 Å². The van der Waals surface area contributed by atoms with Crippen molar-refractivity contribution in [2.75, 3.05) is 11.9 Å². The molecule has 1 aromatic carbocycles. The zero-order valence-corrected chi connectivity index (χ0v) is 14.0. The van der Waals surface area contributed by atoms with Crippen molar-refractivity contribution in [3.63, 3.8) is 0 Å². The number of amides is 1. The van der Waals surface area contributed by atoms with Gasteiger partial charge in [-0.3, -0.25) is 4.79 Å².